The van der Waals surface area contributed by atoms with Crippen molar-refractivity contribution >= 4 is 0 Å². The van der Waals surface area contributed by atoms with E-state index in [1.165, 1.54) is 17.1 Å². The minimum atomic E-state index is 0.491. The molecule has 5 heteroatoms. The van der Waals surface area contributed by atoms with E-state index in [1.807, 2.05) is 0 Å². The largest absolute Gasteiger partial charge is 0.379 e. The van der Waals surface area contributed by atoms with Crippen LogP contribution in [0.4, 0.5) is 0 Å². The molecule has 0 aromatic carbocycles. The monoisotopic (exact) mass is 304 g/mol. The third-order valence-electron chi connectivity index (χ3n) is 4.68. The van der Waals surface area contributed by atoms with Crippen LogP contribution >= 0.6 is 0 Å². The maximum atomic E-state index is 5.41. The average molecular weight is 304 g/mol. The molecule has 1 fully saturated rings. The quantitative estimate of drug-likeness (QED) is 0.848. The van der Waals surface area contributed by atoms with E-state index in [0.717, 1.165) is 58.9 Å². The van der Waals surface area contributed by atoms with Gasteiger partial charge >= 0.3 is 0 Å². The minimum absolute atomic E-state index is 0.491. The number of rotatable bonds is 4. The lowest BCUT2D eigenvalue weighted by molar-refractivity contribution is 0.0348. The van der Waals surface area contributed by atoms with E-state index in [0.29, 0.717) is 5.92 Å². The Balaban J connectivity index is 1.57. The predicted octanol–water partition coefficient (Wildman–Crippen LogP) is 1.71. The molecule has 0 amide bonds. The van der Waals surface area contributed by atoms with E-state index in [1.54, 1.807) is 0 Å². The molecule has 3 heterocycles. The summed E-state index contributed by atoms with van der Waals surface area (Å²) in [4.78, 5) is 4.91. The molecule has 0 aliphatic carbocycles. The molecule has 0 radical (unpaired) electrons. The molecule has 0 unspecified atom stereocenters. The zero-order valence-corrected chi connectivity index (χ0v) is 13.9. The van der Waals surface area contributed by atoms with Gasteiger partial charge in [0, 0.05) is 50.5 Å². The molecule has 122 valence electrons. The smallest absolute Gasteiger partial charge is 0.0805 e. The van der Waals surface area contributed by atoms with E-state index >= 15 is 0 Å². The van der Waals surface area contributed by atoms with Crippen LogP contribution in [0.1, 0.15) is 31.2 Å². The van der Waals surface area contributed by atoms with Crippen LogP contribution in [0, 0.1) is 0 Å². The lowest BCUT2D eigenvalue weighted by Gasteiger charge is -2.31. The summed E-state index contributed by atoms with van der Waals surface area (Å²) in [7, 11) is 0. The van der Waals surface area contributed by atoms with Crippen molar-refractivity contribution < 1.29 is 4.74 Å². The summed E-state index contributed by atoms with van der Waals surface area (Å²) in [6, 6.07) is 2.27. The highest BCUT2D eigenvalue weighted by Crippen LogP contribution is 2.20. The van der Waals surface area contributed by atoms with Gasteiger partial charge in [0.2, 0.25) is 0 Å². The molecule has 0 saturated carbocycles. The standard InChI is InChI=1S/C17H28N4O/c1-14(2)17-12-16-4-5-20(15(3)13-21(16)18-17)7-6-19-8-10-22-11-9-19/h12,14H,3-11,13H2,1-2H3. The predicted molar refractivity (Wildman–Crippen MR) is 88.0 cm³/mol. The van der Waals surface area contributed by atoms with Crippen molar-refractivity contribution in [2.75, 3.05) is 45.9 Å². The molecule has 2 aliphatic rings. The zero-order valence-electron chi connectivity index (χ0n) is 13.9. The molecule has 1 saturated heterocycles. The van der Waals surface area contributed by atoms with Gasteiger partial charge in [0.05, 0.1) is 25.5 Å². The van der Waals surface area contributed by atoms with Crippen LogP contribution in [0.3, 0.4) is 0 Å². The molecule has 0 atom stereocenters. The molecule has 2 aliphatic heterocycles. The van der Waals surface area contributed by atoms with E-state index in [9.17, 15) is 0 Å². The van der Waals surface area contributed by atoms with Crippen LogP contribution in [-0.4, -0.2) is 65.5 Å². The Kier molecular flexibility index (Phi) is 4.84. The Hall–Kier alpha value is -1.33. The lowest BCUT2D eigenvalue weighted by Crippen LogP contribution is -2.41. The second-order valence-corrected chi connectivity index (χ2v) is 6.63. The SMILES string of the molecule is C=C1Cn2nc(C(C)C)cc2CCN1CCN1CCOCC1. The summed E-state index contributed by atoms with van der Waals surface area (Å²) < 4.78 is 7.56. The van der Waals surface area contributed by atoms with Crippen molar-refractivity contribution in [2.24, 2.45) is 0 Å². The number of nitrogens with zero attached hydrogens (tertiary/aromatic N) is 4. The van der Waals surface area contributed by atoms with E-state index in [-0.39, 0.29) is 0 Å². The van der Waals surface area contributed by atoms with Crippen molar-refractivity contribution in [3.63, 3.8) is 0 Å². The summed E-state index contributed by atoms with van der Waals surface area (Å²) >= 11 is 0. The summed E-state index contributed by atoms with van der Waals surface area (Å²) in [5.74, 6) is 0.491. The molecular formula is C17H28N4O. The fraction of sp³-hybridized carbons (Fsp3) is 0.706. The maximum absolute atomic E-state index is 5.41. The Labute approximate surface area is 133 Å². The third-order valence-corrected chi connectivity index (χ3v) is 4.68. The Morgan fingerprint density at radius 1 is 1.23 bits per heavy atom. The number of morpholine rings is 1. The summed E-state index contributed by atoms with van der Waals surface area (Å²) in [5, 5.41) is 4.75. The van der Waals surface area contributed by atoms with E-state index < -0.39 is 0 Å². The fourth-order valence-electron chi connectivity index (χ4n) is 3.14. The number of hydrogen-bond acceptors (Lipinski definition) is 4. The second kappa shape index (κ2) is 6.84. The van der Waals surface area contributed by atoms with Crippen molar-refractivity contribution in [3.05, 3.63) is 29.7 Å². The summed E-state index contributed by atoms with van der Waals surface area (Å²) in [6.07, 6.45) is 1.06. The summed E-state index contributed by atoms with van der Waals surface area (Å²) in [6.45, 7) is 16.6. The second-order valence-electron chi connectivity index (χ2n) is 6.63. The first kappa shape index (κ1) is 15.6. The van der Waals surface area contributed by atoms with E-state index in [2.05, 4.69) is 41.0 Å². The van der Waals surface area contributed by atoms with Crippen LogP contribution in [-0.2, 0) is 17.7 Å². The van der Waals surface area contributed by atoms with Gasteiger partial charge in [-0.05, 0) is 12.0 Å². The first-order valence-corrected chi connectivity index (χ1v) is 8.43. The molecule has 1 aromatic rings. The number of aromatic nitrogens is 2. The normalized spacial score (nSPS) is 20.3. The van der Waals surface area contributed by atoms with Gasteiger partial charge in [0.15, 0.2) is 0 Å². The van der Waals surface area contributed by atoms with Gasteiger partial charge in [-0.25, -0.2) is 0 Å². The van der Waals surface area contributed by atoms with Crippen LogP contribution in [0.15, 0.2) is 18.3 Å². The van der Waals surface area contributed by atoms with Crippen molar-refractivity contribution in [2.45, 2.75) is 32.7 Å². The van der Waals surface area contributed by atoms with Crippen molar-refractivity contribution in [1.29, 1.82) is 0 Å². The van der Waals surface area contributed by atoms with Gasteiger partial charge in [-0.1, -0.05) is 20.4 Å². The highest BCUT2D eigenvalue weighted by Gasteiger charge is 2.20. The van der Waals surface area contributed by atoms with Crippen LogP contribution in [0.2, 0.25) is 0 Å². The fourth-order valence-corrected chi connectivity index (χ4v) is 3.14. The van der Waals surface area contributed by atoms with Crippen LogP contribution < -0.4 is 0 Å². The average Bonchev–Trinajstić information content (AvgIpc) is 2.85. The van der Waals surface area contributed by atoms with Crippen molar-refractivity contribution in [1.82, 2.24) is 19.6 Å². The topological polar surface area (TPSA) is 33.5 Å². The van der Waals surface area contributed by atoms with Gasteiger partial charge < -0.3 is 9.64 Å². The molecular weight excluding hydrogens is 276 g/mol. The first-order chi connectivity index (χ1) is 10.6. The number of hydrogen-bond donors (Lipinski definition) is 0. The Bertz CT molecular complexity index is 517. The van der Waals surface area contributed by atoms with Gasteiger partial charge in [-0.3, -0.25) is 9.58 Å². The van der Waals surface area contributed by atoms with Crippen LogP contribution in [0.25, 0.3) is 0 Å². The number of allylic oxidation sites excluding steroid dienone is 1. The number of fused-ring (bicyclic) bond motifs is 1. The van der Waals surface area contributed by atoms with E-state index in [4.69, 9.17) is 9.84 Å². The maximum Gasteiger partial charge on any atom is 0.0805 e. The highest BCUT2D eigenvalue weighted by atomic mass is 16.5. The van der Waals surface area contributed by atoms with Gasteiger partial charge in [0.1, 0.15) is 0 Å². The molecule has 5 nitrogen and oxygen atoms in total. The van der Waals surface area contributed by atoms with Crippen molar-refractivity contribution in [3.8, 4) is 0 Å². The minimum Gasteiger partial charge on any atom is -0.379 e. The lowest BCUT2D eigenvalue weighted by atomic mass is 10.1. The number of ether oxygens (including phenoxy) is 1. The summed E-state index contributed by atoms with van der Waals surface area (Å²) in [5.41, 5.74) is 3.73. The first-order valence-electron chi connectivity index (χ1n) is 8.43. The Morgan fingerprint density at radius 3 is 2.73 bits per heavy atom. The molecule has 0 bridgehead atoms. The zero-order chi connectivity index (χ0) is 15.5. The molecule has 22 heavy (non-hydrogen) atoms. The Morgan fingerprint density at radius 2 is 2.00 bits per heavy atom. The van der Waals surface area contributed by atoms with Gasteiger partial charge in [0.25, 0.3) is 0 Å². The molecule has 3 rings (SSSR count). The molecule has 0 spiro atoms. The highest BCUT2D eigenvalue weighted by molar-refractivity contribution is 5.17. The molecule has 1 aromatic heterocycles. The third kappa shape index (κ3) is 3.52. The molecule has 0 N–H and O–H groups in total. The van der Waals surface area contributed by atoms with Crippen LogP contribution in [0.5, 0.6) is 0 Å². The van der Waals surface area contributed by atoms with Gasteiger partial charge in [-0.15, -0.1) is 0 Å². The van der Waals surface area contributed by atoms with Gasteiger partial charge in [-0.2, -0.15) is 5.10 Å².